The number of hydrogen-bond donors (Lipinski definition) is 3. The number of guanidine groups is 1. The number of nitrogens with one attached hydrogen (secondary N) is 3. The van der Waals surface area contributed by atoms with Crippen LogP contribution in [0.5, 0.6) is 0 Å². The van der Waals surface area contributed by atoms with Gasteiger partial charge in [-0.15, -0.1) is 0 Å². The normalized spacial score (nSPS) is 12.3. The predicted octanol–water partition coefficient (Wildman–Crippen LogP) is 2.78. The van der Waals surface area contributed by atoms with Gasteiger partial charge in [-0.05, 0) is 30.0 Å². The minimum Gasteiger partial charge on any atom is -0.356 e. The zero-order chi connectivity index (χ0) is 18.6. The summed E-state index contributed by atoms with van der Waals surface area (Å²) >= 11 is 0. The third kappa shape index (κ3) is 6.59. The van der Waals surface area contributed by atoms with Crippen LogP contribution in [0.3, 0.4) is 0 Å². The average Bonchev–Trinajstić information content (AvgIpc) is 2.71. The summed E-state index contributed by atoms with van der Waals surface area (Å²) in [6.07, 6.45) is 0.827. The first-order valence-electron chi connectivity index (χ1n) is 9.03. The molecule has 0 heterocycles. The van der Waals surface area contributed by atoms with Gasteiger partial charge >= 0.3 is 0 Å². The fraction of sp³-hybridized carbons (Fsp3) is 0.333. The van der Waals surface area contributed by atoms with E-state index in [9.17, 15) is 4.79 Å². The molecule has 1 unspecified atom stereocenters. The van der Waals surface area contributed by atoms with Gasteiger partial charge in [0.25, 0.3) is 5.91 Å². The summed E-state index contributed by atoms with van der Waals surface area (Å²) in [4.78, 5) is 16.2. The summed E-state index contributed by atoms with van der Waals surface area (Å²) in [5, 5.41) is 9.55. The summed E-state index contributed by atoms with van der Waals surface area (Å²) in [7, 11) is 1.76. The fourth-order valence-corrected chi connectivity index (χ4v) is 2.56. The predicted molar refractivity (Wildman–Crippen MR) is 108 cm³/mol. The van der Waals surface area contributed by atoms with Crippen molar-refractivity contribution in [2.45, 2.75) is 19.3 Å². The Balaban J connectivity index is 1.62. The first-order valence-corrected chi connectivity index (χ1v) is 9.03. The summed E-state index contributed by atoms with van der Waals surface area (Å²) < 4.78 is 0. The zero-order valence-electron chi connectivity index (χ0n) is 15.5. The molecule has 0 saturated heterocycles. The van der Waals surface area contributed by atoms with E-state index in [1.54, 1.807) is 7.05 Å². The van der Waals surface area contributed by atoms with Gasteiger partial charge in [-0.1, -0.05) is 55.5 Å². The Kier molecular flexibility index (Phi) is 8.19. The maximum Gasteiger partial charge on any atom is 0.251 e. The molecule has 26 heavy (non-hydrogen) atoms. The molecule has 1 atom stereocenters. The summed E-state index contributed by atoms with van der Waals surface area (Å²) in [6.45, 7) is 4.37. The molecule has 0 aromatic heterocycles. The number of carbonyl (C=O) groups is 1. The molecule has 1 amide bonds. The molecule has 3 N–H and O–H groups in total. The van der Waals surface area contributed by atoms with Crippen molar-refractivity contribution in [2.75, 3.05) is 26.7 Å². The maximum absolute atomic E-state index is 11.9. The highest BCUT2D eigenvalue weighted by Gasteiger charge is 2.06. The van der Waals surface area contributed by atoms with Crippen LogP contribution in [0.25, 0.3) is 0 Å². The van der Waals surface area contributed by atoms with E-state index in [1.165, 1.54) is 5.56 Å². The first kappa shape index (κ1) is 19.5. The number of amides is 1. The lowest BCUT2D eigenvalue weighted by Gasteiger charge is -2.16. The molecule has 5 heteroatoms. The molecule has 0 radical (unpaired) electrons. The van der Waals surface area contributed by atoms with Crippen LogP contribution in [0.2, 0.25) is 0 Å². The maximum atomic E-state index is 11.9. The molecule has 0 bridgehead atoms. The van der Waals surface area contributed by atoms with Crippen LogP contribution < -0.4 is 16.0 Å². The third-order valence-electron chi connectivity index (χ3n) is 4.14. The van der Waals surface area contributed by atoms with Crippen molar-refractivity contribution in [1.29, 1.82) is 0 Å². The van der Waals surface area contributed by atoms with Crippen LogP contribution in [0.1, 0.15) is 35.2 Å². The van der Waals surface area contributed by atoms with Crippen molar-refractivity contribution in [3.63, 3.8) is 0 Å². The van der Waals surface area contributed by atoms with Crippen molar-refractivity contribution in [2.24, 2.45) is 4.99 Å². The van der Waals surface area contributed by atoms with Crippen LogP contribution in [0, 0.1) is 0 Å². The highest BCUT2D eigenvalue weighted by Crippen LogP contribution is 2.12. The van der Waals surface area contributed by atoms with Crippen LogP contribution in [0.15, 0.2) is 65.7 Å². The summed E-state index contributed by atoms with van der Waals surface area (Å²) in [5.41, 5.74) is 1.99. The second kappa shape index (κ2) is 10.9. The molecule has 2 aromatic rings. The number of nitrogens with zero attached hydrogens (tertiary/aromatic N) is 1. The van der Waals surface area contributed by atoms with Crippen molar-refractivity contribution >= 4 is 11.9 Å². The first-order chi connectivity index (χ1) is 12.7. The molecule has 5 nitrogen and oxygen atoms in total. The molecular formula is C21H28N4O. The van der Waals surface area contributed by atoms with Gasteiger partial charge in [0.1, 0.15) is 0 Å². The number of carbonyl (C=O) groups excluding carboxylic acids is 1. The number of benzene rings is 2. The summed E-state index contributed by atoms with van der Waals surface area (Å²) in [6, 6.07) is 19.7. The van der Waals surface area contributed by atoms with Crippen LogP contribution in [-0.2, 0) is 0 Å². The van der Waals surface area contributed by atoms with E-state index in [4.69, 9.17) is 0 Å². The lowest BCUT2D eigenvalue weighted by molar-refractivity contribution is 0.0953. The lowest BCUT2D eigenvalue weighted by Crippen LogP contribution is -2.40. The molecule has 0 spiro atoms. The topological polar surface area (TPSA) is 65.5 Å². The second-order valence-corrected chi connectivity index (χ2v) is 6.17. The van der Waals surface area contributed by atoms with E-state index in [0.29, 0.717) is 18.0 Å². The molecule has 0 aliphatic rings. The van der Waals surface area contributed by atoms with E-state index in [2.05, 4.69) is 52.1 Å². The molecule has 0 fully saturated rings. The largest absolute Gasteiger partial charge is 0.356 e. The quantitative estimate of drug-likeness (QED) is 0.389. The molecule has 2 rings (SSSR count). The smallest absolute Gasteiger partial charge is 0.251 e. The van der Waals surface area contributed by atoms with E-state index in [0.717, 1.165) is 25.5 Å². The standard InChI is InChI=1S/C21H28N4O/c1-17(18-10-5-3-6-11-18)16-25-21(22-2)24-15-9-14-23-20(26)19-12-7-4-8-13-19/h3-8,10-13,17H,9,14-16H2,1-2H3,(H,23,26)(H2,22,24,25). The van der Waals surface area contributed by atoms with Crippen LogP contribution in [-0.4, -0.2) is 38.5 Å². The van der Waals surface area contributed by atoms with Crippen LogP contribution >= 0.6 is 0 Å². The van der Waals surface area contributed by atoms with Gasteiger partial charge in [0, 0.05) is 32.2 Å². The Labute approximate surface area is 155 Å². The van der Waals surface area contributed by atoms with Crippen molar-refractivity contribution < 1.29 is 4.79 Å². The highest BCUT2D eigenvalue weighted by atomic mass is 16.1. The Morgan fingerprint density at radius 1 is 0.923 bits per heavy atom. The minimum atomic E-state index is -0.0372. The van der Waals surface area contributed by atoms with Gasteiger partial charge in [-0.25, -0.2) is 0 Å². The SMILES string of the molecule is CN=C(NCCCNC(=O)c1ccccc1)NCC(C)c1ccccc1. The minimum absolute atomic E-state index is 0.0372. The highest BCUT2D eigenvalue weighted by molar-refractivity contribution is 5.94. The van der Waals surface area contributed by atoms with Crippen molar-refractivity contribution in [3.8, 4) is 0 Å². The van der Waals surface area contributed by atoms with Crippen molar-refractivity contribution in [1.82, 2.24) is 16.0 Å². The molecule has 0 aliphatic carbocycles. The fourth-order valence-electron chi connectivity index (χ4n) is 2.56. The Morgan fingerprint density at radius 3 is 2.19 bits per heavy atom. The van der Waals surface area contributed by atoms with Gasteiger partial charge in [0.15, 0.2) is 5.96 Å². The van der Waals surface area contributed by atoms with Crippen molar-refractivity contribution in [3.05, 3.63) is 71.8 Å². The third-order valence-corrected chi connectivity index (χ3v) is 4.14. The van der Waals surface area contributed by atoms with Crippen LogP contribution in [0.4, 0.5) is 0 Å². The van der Waals surface area contributed by atoms with Gasteiger partial charge in [-0.3, -0.25) is 9.79 Å². The van der Waals surface area contributed by atoms with E-state index in [-0.39, 0.29) is 5.91 Å². The van der Waals surface area contributed by atoms with E-state index < -0.39 is 0 Å². The Morgan fingerprint density at radius 2 is 1.54 bits per heavy atom. The Bertz CT molecular complexity index is 686. The molecular weight excluding hydrogens is 324 g/mol. The Hall–Kier alpha value is -2.82. The molecule has 0 aliphatic heterocycles. The number of rotatable bonds is 8. The van der Waals surface area contributed by atoms with Gasteiger partial charge in [0.2, 0.25) is 0 Å². The van der Waals surface area contributed by atoms with Gasteiger partial charge < -0.3 is 16.0 Å². The second-order valence-electron chi connectivity index (χ2n) is 6.17. The molecule has 138 valence electrons. The average molecular weight is 352 g/mol. The monoisotopic (exact) mass is 352 g/mol. The number of aliphatic imine (C=N–C) groups is 1. The summed E-state index contributed by atoms with van der Waals surface area (Å²) in [5.74, 6) is 1.15. The van der Waals surface area contributed by atoms with Gasteiger partial charge in [0.05, 0.1) is 0 Å². The lowest BCUT2D eigenvalue weighted by atomic mass is 10.0. The number of hydrogen-bond acceptors (Lipinski definition) is 2. The molecule has 0 saturated carbocycles. The van der Waals surface area contributed by atoms with Gasteiger partial charge in [-0.2, -0.15) is 0 Å². The zero-order valence-corrected chi connectivity index (χ0v) is 15.5. The molecule has 2 aromatic carbocycles. The van der Waals surface area contributed by atoms with E-state index >= 15 is 0 Å². The van der Waals surface area contributed by atoms with E-state index in [1.807, 2.05) is 36.4 Å².